The summed E-state index contributed by atoms with van der Waals surface area (Å²) in [5.74, 6) is 2.61. The molecule has 0 radical (unpaired) electrons. The van der Waals surface area contributed by atoms with Crippen LogP contribution in [0.5, 0.6) is 23.0 Å². The van der Waals surface area contributed by atoms with E-state index in [0.29, 0.717) is 17.2 Å². The van der Waals surface area contributed by atoms with Crippen LogP contribution in [0.25, 0.3) is 0 Å². The molecule has 0 unspecified atom stereocenters. The summed E-state index contributed by atoms with van der Waals surface area (Å²) >= 11 is 0. The molecule has 1 aliphatic rings. The highest BCUT2D eigenvalue weighted by atomic mass is 16.5. The first-order valence-corrected chi connectivity index (χ1v) is 8.85. The molecule has 28 heavy (non-hydrogen) atoms. The van der Waals surface area contributed by atoms with E-state index in [0.717, 1.165) is 22.6 Å². The van der Waals surface area contributed by atoms with Crippen LogP contribution < -0.4 is 24.8 Å². The van der Waals surface area contributed by atoms with Gasteiger partial charge in [0.25, 0.3) is 0 Å². The lowest BCUT2D eigenvalue weighted by Gasteiger charge is -2.28. The van der Waals surface area contributed by atoms with Gasteiger partial charge >= 0.3 is 6.03 Å². The molecule has 0 spiro atoms. The van der Waals surface area contributed by atoms with Crippen LogP contribution in [0.2, 0.25) is 0 Å². The van der Waals surface area contributed by atoms with Crippen molar-refractivity contribution in [2.75, 3.05) is 19.5 Å². The number of ether oxygens (including phenoxy) is 3. The first-order chi connectivity index (χ1) is 13.7. The highest BCUT2D eigenvalue weighted by Crippen LogP contribution is 2.42. The Balaban J connectivity index is 1.58. The van der Waals surface area contributed by atoms with Crippen LogP contribution in [-0.2, 0) is 0 Å². The van der Waals surface area contributed by atoms with E-state index in [1.165, 1.54) is 0 Å². The standard InChI is InChI=1S/C22H20N2O4/c1-26-19-12-11-14(13-20(19)27-2)23-22(25)24-21-15-7-3-5-9-17(15)28-18-10-6-4-8-16(18)21/h3-13,21H,1-2H3,(H2,23,24,25). The Morgan fingerprint density at radius 3 is 2.07 bits per heavy atom. The number of carbonyl (C=O) groups excluding carboxylic acids is 1. The molecule has 0 saturated carbocycles. The van der Waals surface area contributed by atoms with E-state index in [2.05, 4.69) is 10.6 Å². The molecular formula is C22H20N2O4. The molecule has 0 bridgehead atoms. The number of fused-ring (bicyclic) bond motifs is 2. The predicted molar refractivity (Wildman–Crippen MR) is 107 cm³/mol. The van der Waals surface area contributed by atoms with E-state index in [4.69, 9.17) is 14.2 Å². The van der Waals surface area contributed by atoms with Crippen LogP contribution in [0, 0.1) is 0 Å². The monoisotopic (exact) mass is 376 g/mol. The fourth-order valence-corrected chi connectivity index (χ4v) is 3.28. The van der Waals surface area contributed by atoms with Crippen molar-refractivity contribution in [2.24, 2.45) is 0 Å². The molecule has 3 aromatic carbocycles. The van der Waals surface area contributed by atoms with Gasteiger partial charge in [-0.15, -0.1) is 0 Å². The summed E-state index contributed by atoms with van der Waals surface area (Å²) < 4.78 is 16.5. The lowest BCUT2D eigenvalue weighted by atomic mass is 9.95. The van der Waals surface area contributed by atoms with Crippen LogP contribution in [0.15, 0.2) is 66.7 Å². The van der Waals surface area contributed by atoms with Crippen molar-refractivity contribution < 1.29 is 19.0 Å². The number of methoxy groups -OCH3 is 2. The topological polar surface area (TPSA) is 68.8 Å². The number of rotatable bonds is 4. The highest BCUT2D eigenvalue weighted by molar-refractivity contribution is 5.90. The maximum atomic E-state index is 12.7. The van der Waals surface area contributed by atoms with Gasteiger partial charge in [0.1, 0.15) is 11.5 Å². The number of hydrogen-bond acceptors (Lipinski definition) is 4. The third kappa shape index (κ3) is 3.32. The van der Waals surface area contributed by atoms with Crippen molar-refractivity contribution >= 4 is 11.7 Å². The van der Waals surface area contributed by atoms with Gasteiger partial charge in [-0.05, 0) is 24.3 Å². The van der Waals surface area contributed by atoms with Crippen LogP contribution in [0.4, 0.5) is 10.5 Å². The molecule has 2 amide bonds. The zero-order valence-corrected chi connectivity index (χ0v) is 15.6. The summed E-state index contributed by atoms with van der Waals surface area (Å²) in [4.78, 5) is 12.7. The van der Waals surface area contributed by atoms with Gasteiger partial charge in [-0.3, -0.25) is 0 Å². The van der Waals surface area contributed by atoms with Gasteiger partial charge in [0, 0.05) is 22.9 Å². The molecule has 4 rings (SSSR count). The lowest BCUT2D eigenvalue weighted by molar-refractivity contribution is 0.249. The summed E-state index contributed by atoms with van der Waals surface area (Å²) in [5, 5.41) is 5.89. The van der Waals surface area contributed by atoms with Crippen LogP contribution in [0.1, 0.15) is 17.2 Å². The van der Waals surface area contributed by atoms with Gasteiger partial charge in [0.15, 0.2) is 11.5 Å². The van der Waals surface area contributed by atoms with Gasteiger partial charge in [0.2, 0.25) is 0 Å². The first-order valence-electron chi connectivity index (χ1n) is 8.85. The average Bonchev–Trinajstić information content (AvgIpc) is 2.73. The average molecular weight is 376 g/mol. The molecule has 0 fully saturated rings. The number of hydrogen-bond donors (Lipinski definition) is 2. The first kappa shape index (κ1) is 17.7. The summed E-state index contributed by atoms with van der Waals surface area (Å²) in [6, 6.07) is 19.9. The van der Waals surface area contributed by atoms with E-state index < -0.39 is 0 Å². The second-order valence-corrected chi connectivity index (χ2v) is 6.28. The Hall–Kier alpha value is -3.67. The molecule has 2 N–H and O–H groups in total. The van der Waals surface area contributed by atoms with E-state index in [1.54, 1.807) is 32.4 Å². The molecule has 6 nitrogen and oxygen atoms in total. The number of amides is 2. The van der Waals surface area contributed by atoms with E-state index >= 15 is 0 Å². The van der Waals surface area contributed by atoms with Crippen molar-refractivity contribution in [3.8, 4) is 23.0 Å². The van der Waals surface area contributed by atoms with Crippen LogP contribution >= 0.6 is 0 Å². The van der Waals surface area contributed by atoms with E-state index in [-0.39, 0.29) is 12.1 Å². The highest BCUT2D eigenvalue weighted by Gasteiger charge is 2.28. The molecule has 0 aromatic heterocycles. The van der Waals surface area contributed by atoms with Crippen LogP contribution in [-0.4, -0.2) is 20.3 Å². The fourth-order valence-electron chi connectivity index (χ4n) is 3.28. The zero-order valence-electron chi connectivity index (χ0n) is 15.6. The summed E-state index contributed by atoms with van der Waals surface area (Å²) in [7, 11) is 3.12. The Labute approximate surface area is 163 Å². The van der Waals surface area contributed by atoms with Crippen LogP contribution in [0.3, 0.4) is 0 Å². The second-order valence-electron chi connectivity index (χ2n) is 6.28. The summed E-state index contributed by atoms with van der Waals surface area (Å²) in [6.45, 7) is 0. The Morgan fingerprint density at radius 2 is 1.46 bits per heavy atom. The number of benzene rings is 3. The largest absolute Gasteiger partial charge is 0.493 e. The lowest BCUT2D eigenvalue weighted by Crippen LogP contribution is -2.34. The smallest absolute Gasteiger partial charge is 0.319 e. The number of urea groups is 1. The normalized spacial score (nSPS) is 12.2. The Kier molecular flexibility index (Phi) is 4.76. The van der Waals surface area contributed by atoms with E-state index in [9.17, 15) is 4.79 Å². The second kappa shape index (κ2) is 7.52. The SMILES string of the molecule is COc1ccc(NC(=O)NC2c3ccccc3Oc3ccccc32)cc1OC. The number of carbonyl (C=O) groups is 1. The van der Waals surface area contributed by atoms with Gasteiger partial charge in [-0.1, -0.05) is 36.4 Å². The predicted octanol–water partition coefficient (Wildman–Crippen LogP) is 4.72. The minimum absolute atomic E-state index is 0.318. The number of anilines is 1. The molecule has 3 aromatic rings. The number of nitrogens with one attached hydrogen (secondary N) is 2. The minimum atomic E-state index is -0.330. The number of para-hydroxylation sites is 2. The molecular weight excluding hydrogens is 356 g/mol. The Morgan fingerprint density at radius 1 is 0.857 bits per heavy atom. The van der Waals surface area contributed by atoms with E-state index in [1.807, 2.05) is 48.5 Å². The molecule has 0 atom stereocenters. The summed E-state index contributed by atoms with van der Waals surface area (Å²) in [6.07, 6.45) is 0. The molecule has 0 saturated heterocycles. The molecule has 0 aliphatic carbocycles. The van der Waals surface area contributed by atoms with Gasteiger partial charge in [-0.25, -0.2) is 4.79 Å². The quantitative estimate of drug-likeness (QED) is 0.691. The maximum absolute atomic E-state index is 12.7. The maximum Gasteiger partial charge on any atom is 0.319 e. The Bertz CT molecular complexity index is 973. The van der Waals surface area contributed by atoms with Crippen molar-refractivity contribution in [3.05, 3.63) is 77.9 Å². The van der Waals surface area contributed by atoms with Gasteiger partial charge < -0.3 is 24.8 Å². The van der Waals surface area contributed by atoms with Crippen molar-refractivity contribution in [2.45, 2.75) is 6.04 Å². The van der Waals surface area contributed by atoms with Gasteiger partial charge in [-0.2, -0.15) is 0 Å². The zero-order chi connectivity index (χ0) is 19.5. The van der Waals surface area contributed by atoms with Gasteiger partial charge in [0.05, 0.1) is 20.3 Å². The van der Waals surface area contributed by atoms with Crippen molar-refractivity contribution in [3.63, 3.8) is 0 Å². The third-order valence-electron chi connectivity index (χ3n) is 4.60. The van der Waals surface area contributed by atoms with Crippen molar-refractivity contribution in [1.82, 2.24) is 5.32 Å². The molecule has 6 heteroatoms. The van der Waals surface area contributed by atoms with Crippen molar-refractivity contribution in [1.29, 1.82) is 0 Å². The third-order valence-corrected chi connectivity index (χ3v) is 4.60. The molecule has 142 valence electrons. The summed E-state index contributed by atoms with van der Waals surface area (Å²) in [5.41, 5.74) is 2.41. The molecule has 1 heterocycles. The molecule has 1 aliphatic heterocycles. The fraction of sp³-hybridized carbons (Fsp3) is 0.136. The minimum Gasteiger partial charge on any atom is -0.493 e.